The number of hydrogen-bond acceptors (Lipinski definition) is 4. The van der Waals surface area contributed by atoms with Crippen LogP contribution in [-0.4, -0.2) is 59.2 Å². The number of hydrogen-bond donors (Lipinski definition) is 1. The highest BCUT2D eigenvalue weighted by Gasteiger charge is 2.40. The SMILES string of the molecule is CCNC(=NCc1ccccc1Cn1cccn1)N1CCS(=O)(=O)C(C)(C)C1.I. The van der Waals surface area contributed by atoms with E-state index in [1.54, 1.807) is 20.0 Å². The van der Waals surface area contributed by atoms with Crippen molar-refractivity contribution in [3.05, 3.63) is 53.9 Å². The van der Waals surface area contributed by atoms with Gasteiger partial charge in [-0.25, -0.2) is 13.4 Å². The fraction of sp³-hybridized carbons (Fsp3) is 0.500. The molecule has 2 heterocycles. The van der Waals surface area contributed by atoms with Crippen LogP contribution < -0.4 is 5.32 Å². The second kappa shape index (κ2) is 9.92. The van der Waals surface area contributed by atoms with Gasteiger partial charge in [0.2, 0.25) is 0 Å². The lowest BCUT2D eigenvalue weighted by atomic mass is 10.1. The third-order valence-electron chi connectivity index (χ3n) is 5.09. The Hall–Kier alpha value is -1.62. The second-order valence-corrected chi connectivity index (χ2v) is 10.4. The van der Waals surface area contributed by atoms with E-state index in [9.17, 15) is 8.42 Å². The molecule has 160 valence electrons. The van der Waals surface area contributed by atoms with Crippen molar-refractivity contribution >= 4 is 39.8 Å². The normalized spacial score (nSPS) is 18.2. The zero-order chi connectivity index (χ0) is 20.2. The minimum atomic E-state index is -3.08. The van der Waals surface area contributed by atoms with Crippen molar-refractivity contribution in [1.82, 2.24) is 20.0 Å². The molecule has 7 nitrogen and oxygen atoms in total. The third kappa shape index (κ3) is 5.71. The molecular weight excluding hydrogens is 501 g/mol. The lowest BCUT2D eigenvalue weighted by Gasteiger charge is -2.39. The number of aromatic nitrogens is 2. The molecule has 1 N–H and O–H groups in total. The van der Waals surface area contributed by atoms with Crippen LogP contribution in [0, 0.1) is 0 Å². The predicted octanol–water partition coefficient (Wildman–Crippen LogP) is 2.52. The third-order valence-corrected chi connectivity index (χ3v) is 7.62. The summed E-state index contributed by atoms with van der Waals surface area (Å²) in [6, 6.07) is 10.1. The first-order valence-electron chi connectivity index (χ1n) is 9.62. The van der Waals surface area contributed by atoms with Crippen LogP contribution >= 0.6 is 24.0 Å². The standard InChI is InChI=1S/C20H29N5O2S.HI/c1-4-21-19(24-12-13-28(26,27)20(2,3)16-24)22-14-17-8-5-6-9-18(17)15-25-11-7-10-23-25;/h5-11H,4,12-16H2,1-3H3,(H,21,22);1H. The van der Waals surface area contributed by atoms with E-state index < -0.39 is 14.6 Å². The van der Waals surface area contributed by atoms with Crippen LogP contribution in [0.2, 0.25) is 0 Å². The number of halogens is 1. The molecule has 0 radical (unpaired) electrons. The number of nitrogens with zero attached hydrogens (tertiary/aromatic N) is 4. The highest BCUT2D eigenvalue weighted by Crippen LogP contribution is 2.24. The van der Waals surface area contributed by atoms with Crippen molar-refractivity contribution in [2.75, 3.05) is 25.4 Å². The minimum Gasteiger partial charge on any atom is -0.357 e. The molecule has 29 heavy (non-hydrogen) atoms. The Kier molecular flexibility index (Phi) is 8.10. The first-order chi connectivity index (χ1) is 13.3. The average molecular weight is 531 g/mol. The fourth-order valence-electron chi connectivity index (χ4n) is 3.34. The molecule has 2 aromatic rings. The Morgan fingerprint density at radius 1 is 1.24 bits per heavy atom. The molecule has 0 atom stereocenters. The van der Waals surface area contributed by atoms with Crippen LogP contribution in [0.1, 0.15) is 31.9 Å². The fourth-order valence-corrected chi connectivity index (χ4v) is 4.71. The van der Waals surface area contributed by atoms with Gasteiger partial charge < -0.3 is 10.2 Å². The average Bonchev–Trinajstić information content (AvgIpc) is 3.15. The largest absolute Gasteiger partial charge is 0.357 e. The van der Waals surface area contributed by atoms with Gasteiger partial charge in [-0.05, 0) is 38.0 Å². The maximum atomic E-state index is 12.3. The van der Waals surface area contributed by atoms with Crippen LogP contribution in [0.5, 0.6) is 0 Å². The summed E-state index contributed by atoms with van der Waals surface area (Å²) in [5.74, 6) is 0.916. The van der Waals surface area contributed by atoms with Crippen LogP contribution in [0.25, 0.3) is 0 Å². The summed E-state index contributed by atoms with van der Waals surface area (Å²) in [6.07, 6.45) is 3.72. The Bertz CT molecular complexity index is 926. The highest BCUT2D eigenvalue weighted by molar-refractivity contribution is 14.0. The first-order valence-corrected chi connectivity index (χ1v) is 11.3. The van der Waals surface area contributed by atoms with Crippen LogP contribution in [0.3, 0.4) is 0 Å². The molecule has 0 unspecified atom stereocenters. The summed E-state index contributed by atoms with van der Waals surface area (Å²) in [4.78, 5) is 6.87. The lowest BCUT2D eigenvalue weighted by molar-refractivity contribution is 0.353. The van der Waals surface area contributed by atoms with Crippen molar-refractivity contribution in [1.29, 1.82) is 0 Å². The molecule has 0 saturated carbocycles. The Morgan fingerprint density at radius 3 is 2.59 bits per heavy atom. The molecule has 9 heteroatoms. The van der Waals surface area contributed by atoms with E-state index in [-0.39, 0.29) is 29.7 Å². The van der Waals surface area contributed by atoms with Crippen LogP contribution in [-0.2, 0) is 22.9 Å². The molecule has 0 spiro atoms. The van der Waals surface area contributed by atoms with E-state index in [4.69, 9.17) is 4.99 Å². The van der Waals surface area contributed by atoms with Gasteiger partial charge in [-0.15, -0.1) is 24.0 Å². The first kappa shape index (κ1) is 23.7. The number of aliphatic imine (C=N–C) groups is 1. The van der Waals surface area contributed by atoms with E-state index in [0.717, 1.165) is 18.1 Å². The van der Waals surface area contributed by atoms with E-state index in [2.05, 4.69) is 27.4 Å². The van der Waals surface area contributed by atoms with Crippen LogP contribution in [0.4, 0.5) is 0 Å². The molecule has 1 saturated heterocycles. The zero-order valence-corrected chi connectivity index (χ0v) is 20.4. The molecule has 0 amide bonds. The van der Waals surface area contributed by atoms with Crippen molar-refractivity contribution in [2.24, 2.45) is 4.99 Å². The Balaban J connectivity index is 0.00000300. The van der Waals surface area contributed by atoms with E-state index in [1.807, 2.05) is 36.0 Å². The van der Waals surface area contributed by atoms with E-state index in [0.29, 0.717) is 26.2 Å². The number of guanidine groups is 1. The van der Waals surface area contributed by atoms with Gasteiger partial charge >= 0.3 is 0 Å². The van der Waals surface area contributed by atoms with Gasteiger partial charge in [0.25, 0.3) is 0 Å². The monoisotopic (exact) mass is 531 g/mol. The van der Waals surface area contributed by atoms with Gasteiger partial charge in [-0.2, -0.15) is 5.10 Å². The molecular formula is C20H30IN5O2S. The summed E-state index contributed by atoms with van der Waals surface area (Å²) < 4.78 is 25.7. The topological polar surface area (TPSA) is 79.6 Å². The lowest BCUT2D eigenvalue weighted by Crippen LogP contribution is -2.57. The van der Waals surface area contributed by atoms with Crippen molar-refractivity contribution in [3.63, 3.8) is 0 Å². The van der Waals surface area contributed by atoms with Crippen LogP contribution in [0.15, 0.2) is 47.7 Å². The maximum Gasteiger partial charge on any atom is 0.194 e. The van der Waals surface area contributed by atoms with E-state index >= 15 is 0 Å². The summed E-state index contributed by atoms with van der Waals surface area (Å²) in [6.45, 7) is 8.47. The molecule has 1 aliphatic rings. The number of sulfone groups is 1. The number of benzene rings is 1. The molecule has 1 aromatic carbocycles. The quantitative estimate of drug-likeness (QED) is 0.365. The zero-order valence-electron chi connectivity index (χ0n) is 17.2. The molecule has 1 fully saturated rings. The van der Waals surface area contributed by atoms with Crippen molar-refractivity contribution < 1.29 is 8.42 Å². The number of rotatable bonds is 5. The molecule has 1 aromatic heterocycles. The molecule has 3 rings (SSSR count). The van der Waals surface area contributed by atoms with E-state index in [1.165, 1.54) is 5.56 Å². The van der Waals surface area contributed by atoms with Gasteiger partial charge in [0, 0.05) is 32.0 Å². The van der Waals surface area contributed by atoms with Gasteiger partial charge in [-0.1, -0.05) is 24.3 Å². The molecule has 1 aliphatic heterocycles. The maximum absolute atomic E-state index is 12.3. The molecule has 0 aliphatic carbocycles. The van der Waals surface area contributed by atoms with Crippen molar-refractivity contribution in [3.8, 4) is 0 Å². The van der Waals surface area contributed by atoms with Gasteiger partial charge in [0.1, 0.15) is 0 Å². The summed E-state index contributed by atoms with van der Waals surface area (Å²) >= 11 is 0. The highest BCUT2D eigenvalue weighted by atomic mass is 127. The van der Waals surface area contributed by atoms with Crippen molar-refractivity contribution in [2.45, 2.75) is 38.6 Å². The molecule has 0 bridgehead atoms. The predicted molar refractivity (Wildman–Crippen MR) is 127 cm³/mol. The smallest absolute Gasteiger partial charge is 0.194 e. The van der Waals surface area contributed by atoms with Gasteiger partial charge in [0.05, 0.1) is 23.6 Å². The van der Waals surface area contributed by atoms with Gasteiger partial charge in [-0.3, -0.25) is 4.68 Å². The summed E-state index contributed by atoms with van der Waals surface area (Å²) in [7, 11) is -3.08. The Labute approximate surface area is 190 Å². The summed E-state index contributed by atoms with van der Waals surface area (Å²) in [5, 5.41) is 7.60. The second-order valence-electron chi connectivity index (χ2n) is 7.64. The summed E-state index contributed by atoms with van der Waals surface area (Å²) in [5.41, 5.74) is 2.31. The Morgan fingerprint density at radius 2 is 1.97 bits per heavy atom. The van der Waals surface area contributed by atoms with Gasteiger partial charge in [0.15, 0.2) is 15.8 Å². The minimum absolute atomic E-state index is 0. The number of nitrogens with one attached hydrogen (secondary N) is 1.